The van der Waals surface area contributed by atoms with Gasteiger partial charge in [-0.05, 0) is 11.1 Å². The van der Waals surface area contributed by atoms with Gasteiger partial charge < -0.3 is 5.11 Å². The fraction of sp³-hybridized carbons (Fsp3) is 0. The second kappa shape index (κ2) is 10.8. The van der Waals surface area contributed by atoms with E-state index < -0.39 is 44.2 Å². The summed E-state index contributed by atoms with van der Waals surface area (Å²) in [6.45, 7) is 14.7. The van der Waals surface area contributed by atoms with E-state index in [0.29, 0.717) is 0 Å². The lowest BCUT2D eigenvalue weighted by atomic mass is 10.00. The van der Waals surface area contributed by atoms with Crippen LogP contribution in [0.5, 0.6) is 0 Å². The molecule has 0 saturated heterocycles. The van der Waals surface area contributed by atoms with Gasteiger partial charge in [-0.25, -0.2) is 20.2 Å². The molecule has 1 N–H and O–H groups in total. The number of hydrogen-bond donors (Lipinski definition) is 1. The van der Waals surface area contributed by atoms with E-state index in [0.717, 1.165) is 6.07 Å². The molecule has 0 fully saturated rings. The van der Waals surface area contributed by atoms with Crippen molar-refractivity contribution in [3.8, 4) is 12.1 Å². The van der Waals surface area contributed by atoms with Crippen molar-refractivity contribution in [3.05, 3.63) is 155 Å². The third-order valence-corrected chi connectivity index (χ3v) is 6.18. The molecule has 12 heteroatoms. The zero-order chi connectivity index (χ0) is 29.8. The second-order valence-electron chi connectivity index (χ2n) is 8.22. The minimum Gasteiger partial charge on any atom is -0.506 e. The quantitative estimate of drug-likeness (QED) is 0.119. The molecule has 0 saturated carbocycles. The third kappa shape index (κ3) is 4.42. The smallest absolute Gasteiger partial charge is 0.281 e. The molecular weight excluding hydrogens is 528 g/mol. The van der Waals surface area contributed by atoms with Crippen molar-refractivity contribution in [1.29, 1.82) is 10.5 Å². The standard InChI is InChI=1S/C29H12N6O6/c1-32-20(14-30)24-16-10-6-12-22(34(38)39)26(16)28(36)18(24)8-4-3-5-9-19-25(21(15-31)33-2)17-11-7-13-23(35(40)41)27(17)29(19)37/h3-13,36H/b5-3+,8-4+,19-9+,24-20+,25-21-. The lowest BCUT2D eigenvalue weighted by molar-refractivity contribution is -0.385. The van der Waals surface area contributed by atoms with E-state index in [-0.39, 0.29) is 44.5 Å². The van der Waals surface area contributed by atoms with Crippen LogP contribution in [-0.4, -0.2) is 20.7 Å². The number of carbonyl (C=O) groups excluding carboxylic acids is 1. The molecule has 0 spiro atoms. The molecule has 0 aromatic heterocycles. The minimum absolute atomic E-state index is 0.0105. The van der Waals surface area contributed by atoms with Gasteiger partial charge in [-0.2, -0.15) is 0 Å². The molecule has 41 heavy (non-hydrogen) atoms. The van der Waals surface area contributed by atoms with Gasteiger partial charge in [-0.3, -0.25) is 25.0 Å². The predicted molar refractivity (Wildman–Crippen MR) is 145 cm³/mol. The minimum atomic E-state index is -0.743. The zero-order valence-corrected chi connectivity index (χ0v) is 20.5. The Labute approximate surface area is 231 Å². The average molecular weight is 540 g/mol. The van der Waals surface area contributed by atoms with Crippen molar-refractivity contribution in [1.82, 2.24) is 0 Å². The largest absolute Gasteiger partial charge is 0.506 e. The molecular formula is C29H12N6O6. The molecule has 2 aliphatic rings. The van der Waals surface area contributed by atoms with Crippen molar-refractivity contribution in [2.75, 3.05) is 0 Å². The Morgan fingerprint density at radius 3 is 1.93 bits per heavy atom. The summed E-state index contributed by atoms with van der Waals surface area (Å²) in [6, 6.07) is 11.3. The first-order valence-electron chi connectivity index (χ1n) is 11.3. The van der Waals surface area contributed by atoms with E-state index in [1.807, 2.05) is 0 Å². The highest BCUT2D eigenvalue weighted by Crippen LogP contribution is 2.46. The fourth-order valence-corrected chi connectivity index (χ4v) is 4.55. The molecule has 2 aromatic carbocycles. The number of fused-ring (bicyclic) bond motifs is 2. The van der Waals surface area contributed by atoms with Crippen LogP contribution < -0.4 is 0 Å². The van der Waals surface area contributed by atoms with E-state index >= 15 is 0 Å². The van der Waals surface area contributed by atoms with Crippen molar-refractivity contribution >= 4 is 34.1 Å². The van der Waals surface area contributed by atoms with E-state index in [2.05, 4.69) is 9.69 Å². The van der Waals surface area contributed by atoms with Gasteiger partial charge in [0, 0.05) is 34.4 Å². The number of hydrogen-bond acceptors (Lipinski definition) is 8. The van der Waals surface area contributed by atoms with Gasteiger partial charge in [0.15, 0.2) is 5.78 Å². The summed E-state index contributed by atoms with van der Waals surface area (Å²) in [5.74, 6) is -1.25. The summed E-state index contributed by atoms with van der Waals surface area (Å²) in [5.41, 5.74) is -2.00. The Balaban J connectivity index is 1.79. The number of nitrogens with zero attached hydrogens (tertiary/aromatic N) is 6. The molecule has 0 heterocycles. The van der Waals surface area contributed by atoms with Crippen LogP contribution >= 0.6 is 0 Å². The van der Waals surface area contributed by atoms with Gasteiger partial charge in [0.1, 0.15) is 16.9 Å². The molecule has 4 rings (SSSR count). The summed E-state index contributed by atoms with van der Waals surface area (Å²) < 4.78 is 0. The van der Waals surface area contributed by atoms with Crippen LogP contribution in [0.2, 0.25) is 0 Å². The number of nitriles is 2. The number of aliphatic hydroxyl groups excluding tert-OH is 1. The molecule has 2 aromatic rings. The van der Waals surface area contributed by atoms with Crippen molar-refractivity contribution < 1.29 is 19.7 Å². The fourth-order valence-electron chi connectivity index (χ4n) is 4.55. The number of benzene rings is 2. The Morgan fingerprint density at radius 2 is 1.39 bits per heavy atom. The van der Waals surface area contributed by atoms with E-state index in [9.17, 15) is 40.7 Å². The maximum absolute atomic E-state index is 13.1. The summed E-state index contributed by atoms with van der Waals surface area (Å²) in [7, 11) is 0. The highest BCUT2D eigenvalue weighted by atomic mass is 16.6. The van der Waals surface area contributed by atoms with Crippen LogP contribution in [0.4, 0.5) is 11.4 Å². The number of carbonyl (C=O) groups is 1. The number of rotatable bonds is 5. The van der Waals surface area contributed by atoms with Gasteiger partial charge in [0.25, 0.3) is 22.8 Å². The maximum Gasteiger partial charge on any atom is 0.281 e. The van der Waals surface area contributed by atoms with Crippen LogP contribution in [0.1, 0.15) is 27.0 Å². The van der Waals surface area contributed by atoms with Crippen LogP contribution in [-0.2, 0) is 0 Å². The van der Waals surface area contributed by atoms with Gasteiger partial charge in [0.05, 0.1) is 35.1 Å². The number of aliphatic hydroxyl groups is 1. The molecule has 194 valence electrons. The normalized spacial score (nSPS) is 17.1. The number of nitro benzene ring substituents is 2. The highest BCUT2D eigenvalue weighted by molar-refractivity contribution is 6.29. The number of allylic oxidation sites excluding steroid dienone is 11. The van der Waals surface area contributed by atoms with Gasteiger partial charge in [-0.15, -0.1) is 0 Å². The Kier molecular flexibility index (Phi) is 7.18. The summed E-state index contributed by atoms with van der Waals surface area (Å²) >= 11 is 0. The van der Waals surface area contributed by atoms with E-state index in [1.54, 1.807) is 12.1 Å². The van der Waals surface area contributed by atoms with Crippen molar-refractivity contribution in [3.63, 3.8) is 0 Å². The number of ketones is 1. The SMILES string of the molecule is [C-]#[N+]\C(C#N)=C1/C(=C\C=C\C=C\C2=C(O)c3c(cccc3[N+](=O)[O-])/C2=C(/C#N)[N+]#[C-])C(=O)c2c1cccc2[N+](=O)[O-]. The molecule has 0 radical (unpaired) electrons. The number of Topliss-reactive ketones (excluding diaryl/α,β-unsaturated/α-hetero) is 1. The van der Waals surface area contributed by atoms with Crippen LogP contribution in [0.3, 0.4) is 0 Å². The van der Waals surface area contributed by atoms with Crippen molar-refractivity contribution in [2.45, 2.75) is 0 Å². The Bertz CT molecular complexity index is 1930. The third-order valence-electron chi connectivity index (χ3n) is 6.18. The predicted octanol–water partition coefficient (Wildman–Crippen LogP) is 6.03. The Hall–Kier alpha value is -6.89. The van der Waals surface area contributed by atoms with Crippen LogP contribution in [0.15, 0.2) is 89.3 Å². The topological polar surface area (TPSA) is 180 Å². The monoisotopic (exact) mass is 540 g/mol. The molecule has 0 aliphatic heterocycles. The lowest BCUT2D eigenvalue weighted by Gasteiger charge is -2.03. The maximum atomic E-state index is 13.1. The molecule has 2 aliphatic carbocycles. The molecule has 0 atom stereocenters. The zero-order valence-electron chi connectivity index (χ0n) is 20.5. The van der Waals surface area contributed by atoms with Gasteiger partial charge >= 0.3 is 0 Å². The molecule has 12 nitrogen and oxygen atoms in total. The van der Waals surface area contributed by atoms with Gasteiger partial charge in [-0.1, -0.05) is 54.6 Å². The first-order valence-corrected chi connectivity index (χ1v) is 11.3. The summed E-state index contributed by atoms with van der Waals surface area (Å²) in [6.07, 6.45) is 6.70. The molecule has 0 amide bonds. The summed E-state index contributed by atoms with van der Waals surface area (Å²) in [5, 5.41) is 52.8. The molecule has 0 bridgehead atoms. The van der Waals surface area contributed by atoms with E-state index in [4.69, 9.17) is 13.1 Å². The lowest BCUT2D eigenvalue weighted by Crippen LogP contribution is -2.00. The van der Waals surface area contributed by atoms with Crippen LogP contribution in [0, 0.1) is 56.0 Å². The average Bonchev–Trinajstić information content (AvgIpc) is 3.41. The summed E-state index contributed by atoms with van der Waals surface area (Å²) in [4.78, 5) is 41.1. The van der Waals surface area contributed by atoms with Crippen LogP contribution in [0.25, 0.3) is 26.6 Å². The first-order chi connectivity index (χ1) is 19.7. The second-order valence-corrected chi connectivity index (χ2v) is 8.22. The van der Waals surface area contributed by atoms with Gasteiger partial charge in [0.2, 0.25) is 0 Å². The Morgan fingerprint density at radius 1 is 0.854 bits per heavy atom. The number of nitro groups is 2. The first kappa shape index (κ1) is 27.2. The highest BCUT2D eigenvalue weighted by Gasteiger charge is 2.37. The van der Waals surface area contributed by atoms with Crippen molar-refractivity contribution in [2.24, 2.45) is 0 Å². The molecule has 0 unspecified atom stereocenters. The van der Waals surface area contributed by atoms with E-state index in [1.165, 1.54) is 60.7 Å².